The first-order valence-electron chi connectivity index (χ1n) is 9.44. The van der Waals surface area contributed by atoms with Crippen LogP contribution in [0.4, 0.5) is 4.79 Å². The number of benzene rings is 1. The SMILES string of the molecule is CC(C)(C)OC(=O)NCc1ccc(CCC(=O)N2CC(N)C[C@H]2C(N)=O)cc1. The number of likely N-dealkylation sites (tertiary alicyclic amines) is 1. The third-order valence-electron chi connectivity index (χ3n) is 4.47. The zero-order valence-corrected chi connectivity index (χ0v) is 16.7. The summed E-state index contributed by atoms with van der Waals surface area (Å²) in [5.41, 5.74) is 12.6. The van der Waals surface area contributed by atoms with E-state index >= 15 is 0 Å². The van der Waals surface area contributed by atoms with Crippen molar-refractivity contribution in [1.82, 2.24) is 10.2 Å². The minimum absolute atomic E-state index is 0.118. The van der Waals surface area contributed by atoms with E-state index in [1.807, 2.05) is 45.0 Å². The Morgan fingerprint density at radius 3 is 2.36 bits per heavy atom. The van der Waals surface area contributed by atoms with E-state index < -0.39 is 23.6 Å². The first-order valence-corrected chi connectivity index (χ1v) is 9.44. The third kappa shape index (κ3) is 6.53. The number of nitrogens with two attached hydrogens (primary N) is 2. The Balaban J connectivity index is 1.81. The number of hydrogen-bond donors (Lipinski definition) is 3. The monoisotopic (exact) mass is 390 g/mol. The summed E-state index contributed by atoms with van der Waals surface area (Å²) >= 11 is 0. The molecule has 154 valence electrons. The van der Waals surface area contributed by atoms with Gasteiger partial charge < -0.3 is 26.4 Å². The molecule has 8 nitrogen and oxygen atoms in total. The van der Waals surface area contributed by atoms with E-state index in [-0.39, 0.29) is 18.4 Å². The predicted molar refractivity (Wildman–Crippen MR) is 105 cm³/mol. The van der Waals surface area contributed by atoms with Crippen LogP contribution in [0.5, 0.6) is 0 Å². The van der Waals surface area contributed by atoms with Gasteiger partial charge in [0, 0.05) is 25.6 Å². The number of aryl methyl sites for hydroxylation is 1. The van der Waals surface area contributed by atoms with Gasteiger partial charge >= 0.3 is 6.09 Å². The molecule has 0 radical (unpaired) electrons. The number of rotatable bonds is 6. The number of ether oxygens (including phenoxy) is 1. The molecular weight excluding hydrogens is 360 g/mol. The molecular formula is C20H30N4O4. The van der Waals surface area contributed by atoms with Crippen LogP contribution in [-0.2, 0) is 27.3 Å². The Morgan fingerprint density at radius 2 is 1.79 bits per heavy atom. The molecule has 0 aromatic heterocycles. The summed E-state index contributed by atoms with van der Waals surface area (Å²) in [4.78, 5) is 37.1. The molecule has 1 saturated heterocycles. The van der Waals surface area contributed by atoms with Crippen molar-refractivity contribution in [2.45, 2.75) is 64.3 Å². The highest BCUT2D eigenvalue weighted by Crippen LogP contribution is 2.18. The number of amides is 3. The second-order valence-corrected chi connectivity index (χ2v) is 8.13. The summed E-state index contributed by atoms with van der Waals surface area (Å²) in [5, 5.41) is 2.70. The molecule has 1 unspecified atom stereocenters. The molecule has 8 heteroatoms. The molecule has 5 N–H and O–H groups in total. The number of carbonyl (C=O) groups excluding carboxylic acids is 3. The molecule has 3 amide bonds. The highest BCUT2D eigenvalue weighted by Gasteiger charge is 2.36. The summed E-state index contributed by atoms with van der Waals surface area (Å²) in [7, 11) is 0. The van der Waals surface area contributed by atoms with E-state index in [9.17, 15) is 14.4 Å². The van der Waals surface area contributed by atoms with Crippen LogP contribution >= 0.6 is 0 Å². The third-order valence-corrected chi connectivity index (χ3v) is 4.47. The average Bonchev–Trinajstić information content (AvgIpc) is 2.99. The Kier molecular flexibility index (Phi) is 7.01. The highest BCUT2D eigenvalue weighted by molar-refractivity contribution is 5.87. The molecule has 0 spiro atoms. The summed E-state index contributed by atoms with van der Waals surface area (Å²) in [6.45, 7) is 6.15. The molecule has 0 aliphatic carbocycles. The molecule has 0 bridgehead atoms. The van der Waals surface area contributed by atoms with Crippen molar-refractivity contribution >= 4 is 17.9 Å². The lowest BCUT2D eigenvalue weighted by Crippen LogP contribution is -2.43. The van der Waals surface area contributed by atoms with Gasteiger partial charge in [0.2, 0.25) is 11.8 Å². The van der Waals surface area contributed by atoms with Crippen molar-refractivity contribution in [2.24, 2.45) is 11.5 Å². The van der Waals surface area contributed by atoms with Gasteiger partial charge in [-0.05, 0) is 44.7 Å². The van der Waals surface area contributed by atoms with Gasteiger partial charge in [-0.3, -0.25) is 9.59 Å². The molecule has 1 aliphatic heterocycles. The highest BCUT2D eigenvalue weighted by atomic mass is 16.6. The van der Waals surface area contributed by atoms with E-state index in [1.165, 1.54) is 4.90 Å². The molecule has 0 saturated carbocycles. The Morgan fingerprint density at radius 1 is 1.18 bits per heavy atom. The molecule has 1 aromatic carbocycles. The van der Waals surface area contributed by atoms with E-state index in [1.54, 1.807) is 0 Å². The van der Waals surface area contributed by atoms with Crippen molar-refractivity contribution in [3.8, 4) is 0 Å². The van der Waals surface area contributed by atoms with Crippen LogP contribution in [0.25, 0.3) is 0 Å². The number of carbonyl (C=O) groups is 3. The normalized spacial score (nSPS) is 19.4. The van der Waals surface area contributed by atoms with Gasteiger partial charge in [-0.2, -0.15) is 0 Å². The summed E-state index contributed by atoms with van der Waals surface area (Å²) < 4.78 is 5.20. The van der Waals surface area contributed by atoms with E-state index in [0.717, 1.165) is 11.1 Å². The maximum absolute atomic E-state index is 12.4. The Labute approximate surface area is 165 Å². The van der Waals surface area contributed by atoms with Crippen molar-refractivity contribution in [3.05, 3.63) is 35.4 Å². The molecule has 1 heterocycles. The second kappa shape index (κ2) is 9.05. The molecule has 1 aromatic rings. The lowest BCUT2D eigenvalue weighted by molar-refractivity contribution is -0.137. The van der Waals surface area contributed by atoms with Gasteiger partial charge in [-0.1, -0.05) is 24.3 Å². The van der Waals surface area contributed by atoms with Crippen LogP contribution in [0.3, 0.4) is 0 Å². The maximum Gasteiger partial charge on any atom is 0.407 e. The number of nitrogens with one attached hydrogen (secondary N) is 1. The lowest BCUT2D eigenvalue weighted by Gasteiger charge is -2.22. The minimum Gasteiger partial charge on any atom is -0.444 e. The topological polar surface area (TPSA) is 128 Å². The Bertz CT molecular complexity index is 712. The predicted octanol–water partition coefficient (Wildman–Crippen LogP) is 1.06. The average molecular weight is 390 g/mol. The van der Waals surface area contributed by atoms with Gasteiger partial charge in [0.25, 0.3) is 0 Å². The van der Waals surface area contributed by atoms with Crippen molar-refractivity contribution in [1.29, 1.82) is 0 Å². The first kappa shape index (κ1) is 21.7. The van der Waals surface area contributed by atoms with E-state index in [4.69, 9.17) is 16.2 Å². The molecule has 1 aliphatic rings. The summed E-state index contributed by atoms with van der Waals surface area (Å²) in [5.74, 6) is -0.629. The largest absolute Gasteiger partial charge is 0.444 e. The molecule has 2 atom stereocenters. The molecule has 2 rings (SSSR count). The van der Waals surface area contributed by atoms with Crippen molar-refractivity contribution in [3.63, 3.8) is 0 Å². The second-order valence-electron chi connectivity index (χ2n) is 8.13. The van der Waals surface area contributed by atoms with Crippen LogP contribution in [0, 0.1) is 0 Å². The van der Waals surface area contributed by atoms with Crippen LogP contribution in [0.2, 0.25) is 0 Å². The number of alkyl carbamates (subject to hydrolysis) is 1. The van der Waals surface area contributed by atoms with Gasteiger partial charge in [0.1, 0.15) is 11.6 Å². The van der Waals surface area contributed by atoms with Gasteiger partial charge in [0.15, 0.2) is 0 Å². The van der Waals surface area contributed by atoms with Crippen LogP contribution < -0.4 is 16.8 Å². The Hall–Kier alpha value is -2.61. The van der Waals surface area contributed by atoms with E-state index in [2.05, 4.69) is 5.32 Å². The standard InChI is InChI=1S/C20H30N4O4/c1-20(2,3)28-19(27)23-11-14-6-4-13(5-7-14)8-9-17(25)24-12-15(21)10-16(24)18(22)26/h4-7,15-16H,8-12,21H2,1-3H3,(H2,22,26)(H,23,27)/t15?,16-/m0/s1. The number of primary amides is 1. The van der Waals surface area contributed by atoms with Crippen LogP contribution in [0.1, 0.15) is 44.7 Å². The maximum atomic E-state index is 12.4. The van der Waals surface area contributed by atoms with Gasteiger partial charge in [-0.15, -0.1) is 0 Å². The quantitative estimate of drug-likeness (QED) is 0.669. The summed E-state index contributed by atoms with van der Waals surface area (Å²) in [6, 6.07) is 6.81. The fraction of sp³-hybridized carbons (Fsp3) is 0.550. The summed E-state index contributed by atoms with van der Waals surface area (Å²) in [6.07, 6.45) is 0.789. The fourth-order valence-electron chi connectivity index (χ4n) is 3.12. The molecule has 1 fully saturated rings. The van der Waals surface area contributed by atoms with Crippen molar-refractivity contribution in [2.75, 3.05) is 6.54 Å². The lowest BCUT2D eigenvalue weighted by atomic mass is 10.1. The van der Waals surface area contributed by atoms with Crippen LogP contribution in [0.15, 0.2) is 24.3 Å². The van der Waals surface area contributed by atoms with E-state index in [0.29, 0.717) is 25.9 Å². The van der Waals surface area contributed by atoms with Crippen LogP contribution in [-0.4, -0.2) is 47.0 Å². The number of hydrogen-bond acceptors (Lipinski definition) is 5. The van der Waals surface area contributed by atoms with Crippen molar-refractivity contribution < 1.29 is 19.1 Å². The first-order chi connectivity index (χ1) is 13.0. The molecule has 28 heavy (non-hydrogen) atoms. The zero-order chi connectivity index (χ0) is 20.9. The fourth-order valence-corrected chi connectivity index (χ4v) is 3.12. The smallest absolute Gasteiger partial charge is 0.407 e. The zero-order valence-electron chi connectivity index (χ0n) is 16.7. The van der Waals surface area contributed by atoms with Gasteiger partial charge in [0.05, 0.1) is 0 Å². The van der Waals surface area contributed by atoms with Gasteiger partial charge in [-0.25, -0.2) is 4.79 Å². The minimum atomic E-state index is -0.608. The number of nitrogens with zero attached hydrogens (tertiary/aromatic N) is 1.